The Kier molecular flexibility index (Phi) is 6.16. The quantitative estimate of drug-likeness (QED) is 0.877. The van der Waals surface area contributed by atoms with Gasteiger partial charge in [0.15, 0.2) is 0 Å². The summed E-state index contributed by atoms with van der Waals surface area (Å²) >= 11 is 0. The number of carbonyl (C=O) groups excluding carboxylic acids is 2. The van der Waals surface area contributed by atoms with Crippen LogP contribution in [0.2, 0.25) is 0 Å². The predicted octanol–water partition coefficient (Wildman–Crippen LogP) is 3.56. The van der Waals surface area contributed by atoms with Crippen LogP contribution >= 0.6 is 0 Å². The maximum atomic E-state index is 12.9. The fourth-order valence-corrected chi connectivity index (χ4v) is 3.41. The van der Waals surface area contributed by atoms with Crippen LogP contribution in [-0.4, -0.2) is 34.3 Å². The third kappa shape index (κ3) is 4.70. The Morgan fingerprint density at radius 3 is 2.74 bits per heavy atom. The van der Waals surface area contributed by atoms with Gasteiger partial charge in [-0.2, -0.15) is 0 Å². The molecule has 1 aromatic heterocycles. The zero-order valence-corrected chi connectivity index (χ0v) is 15.5. The highest BCUT2D eigenvalue weighted by Gasteiger charge is 2.27. The predicted molar refractivity (Wildman–Crippen MR) is 101 cm³/mol. The number of piperidine rings is 1. The minimum absolute atomic E-state index is 0.116. The van der Waals surface area contributed by atoms with Crippen molar-refractivity contribution in [3.05, 3.63) is 65.2 Å². The number of rotatable bonds is 5. The SMILES string of the molecule is CCC1CCCCN1C(=O)c1cc(C(=O)NCc2ccc(F)cc2)ccn1. The molecule has 0 spiro atoms. The normalized spacial score (nSPS) is 16.8. The summed E-state index contributed by atoms with van der Waals surface area (Å²) in [5, 5.41) is 2.79. The Morgan fingerprint density at radius 1 is 1.22 bits per heavy atom. The molecule has 5 nitrogen and oxygen atoms in total. The van der Waals surface area contributed by atoms with Gasteiger partial charge in [0, 0.05) is 30.9 Å². The minimum Gasteiger partial charge on any atom is -0.348 e. The molecule has 27 heavy (non-hydrogen) atoms. The average molecular weight is 369 g/mol. The number of nitrogens with one attached hydrogen (secondary N) is 1. The van der Waals surface area contributed by atoms with E-state index >= 15 is 0 Å². The van der Waals surface area contributed by atoms with Gasteiger partial charge in [-0.05, 0) is 55.5 Å². The smallest absolute Gasteiger partial charge is 0.272 e. The molecule has 1 fully saturated rings. The van der Waals surface area contributed by atoms with Crippen molar-refractivity contribution in [2.24, 2.45) is 0 Å². The molecule has 1 aliphatic heterocycles. The van der Waals surface area contributed by atoms with Gasteiger partial charge < -0.3 is 10.2 Å². The van der Waals surface area contributed by atoms with E-state index in [1.807, 2.05) is 4.90 Å². The molecule has 0 bridgehead atoms. The molecule has 2 amide bonds. The summed E-state index contributed by atoms with van der Waals surface area (Å²) < 4.78 is 12.9. The number of hydrogen-bond donors (Lipinski definition) is 1. The van der Waals surface area contributed by atoms with Gasteiger partial charge in [0.25, 0.3) is 11.8 Å². The molecular formula is C21H24FN3O2. The van der Waals surface area contributed by atoms with E-state index in [0.717, 1.165) is 37.8 Å². The van der Waals surface area contributed by atoms with Gasteiger partial charge in [0.05, 0.1) is 0 Å². The highest BCUT2D eigenvalue weighted by atomic mass is 19.1. The van der Waals surface area contributed by atoms with Crippen LogP contribution in [0.15, 0.2) is 42.6 Å². The molecule has 0 aliphatic carbocycles. The van der Waals surface area contributed by atoms with Crippen molar-refractivity contribution in [1.29, 1.82) is 0 Å². The first kappa shape index (κ1) is 19.0. The van der Waals surface area contributed by atoms with E-state index in [0.29, 0.717) is 11.3 Å². The zero-order valence-electron chi connectivity index (χ0n) is 15.5. The molecule has 1 aromatic carbocycles. The second-order valence-corrected chi connectivity index (χ2v) is 6.80. The van der Waals surface area contributed by atoms with Crippen LogP contribution in [-0.2, 0) is 6.54 Å². The maximum Gasteiger partial charge on any atom is 0.272 e. The summed E-state index contributed by atoms with van der Waals surface area (Å²) in [6.07, 6.45) is 5.57. The third-order valence-electron chi connectivity index (χ3n) is 4.97. The largest absolute Gasteiger partial charge is 0.348 e. The van der Waals surface area contributed by atoms with Crippen molar-refractivity contribution in [1.82, 2.24) is 15.2 Å². The molecule has 2 aromatic rings. The van der Waals surface area contributed by atoms with Crippen LogP contribution < -0.4 is 5.32 Å². The van der Waals surface area contributed by atoms with Crippen molar-refractivity contribution in [3.8, 4) is 0 Å². The molecule has 0 saturated carbocycles. The second-order valence-electron chi connectivity index (χ2n) is 6.80. The summed E-state index contributed by atoms with van der Waals surface area (Å²) in [5.41, 5.74) is 1.49. The van der Waals surface area contributed by atoms with Gasteiger partial charge in [-0.25, -0.2) is 4.39 Å². The van der Waals surface area contributed by atoms with E-state index < -0.39 is 0 Å². The Bertz CT molecular complexity index is 807. The topological polar surface area (TPSA) is 62.3 Å². The molecule has 0 radical (unpaired) electrons. The number of pyridine rings is 1. The third-order valence-corrected chi connectivity index (χ3v) is 4.97. The summed E-state index contributed by atoms with van der Waals surface area (Å²) in [4.78, 5) is 31.3. The van der Waals surface area contributed by atoms with Gasteiger partial charge in [0.1, 0.15) is 11.5 Å². The Morgan fingerprint density at radius 2 is 2.00 bits per heavy atom. The maximum absolute atomic E-state index is 12.9. The van der Waals surface area contributed by atoms with Crippen molar-refractivity contribution in [2.75, 3.05) is 6.54 Å². The zero-order chi connectivity index (χ0) is 19.2. The highest BCUT2D eigenvalue weighted by Crippen LogP contribution is 2.21. The van der Waals surface area contributed by atoms with E-state index in [2.05, 4.69) is 17.2 Å². The van der Waals surface area contributed by atoms with Crippen LogP contribution in [0.5, 0.6) is 0 Å². The van der Waals surface area contributed by atoms with Gasteiger partial charge in [0.2, 0.25) is 0 Å². The fourth-order valence-electron chi connectivity index (χ4n) is 3.41. The van der Waals surface area contributed by atoms with E-state index in [-0.39, 0.29) is 30.2 Å². The van der Waals surface area contributed by atoms with Gasteiger partial charge in [-0.1, -0.05) is 19.1 Å². The molecule has 1 unspecified atom stereocenters. The first-order valence-electron chi connectivity index (χ1n) is 9.38. The number of amides is 2. The number of hydrogen-bond acceptors (Lipinski definition) is 3. The van der Waals surface area contributed by atoms with Crippen molar-refractivity contribution < 1.29 is 14.0 Å². The fraction of sp³-hybridized carbons (Fsp3) is 0.381. The molecule has 3 rings (SSSR count). The summed E-state index contributed by atoms with van der Waals surface area (Å²) in [7, 11) is 0. The molecule has 1 aliphatic rings. The van der Waals surface area contributed by atoms with E-state index in [9.17, 15) is 14.0 Å². The Labute approximate surface area is 158 Å². The number of likely N-dealkylation sites (tertiary alicyclic amines) is 1. The molecule has 1 N–H and O–H groups in total. The van der Waals surface area contributed by atoms with Crippen molar-refractivity contribution >= 4 is 11.8 Å². The number of halogens is 1. The lowest BCUT2D eigenvalue weighted by Crippen LogP contribution is -2.43. The molecule has 2 heterocycles. The van der Waals surface area contributed by atoms with Crippen molar-refractivity contribution in [3.63, 3.8) is 0 Å². The van der Waals surface area contributed by atoms with E-state index in [1.54, 1.807) is 24.3 Å². The number of aromatic nitrogens is 1. The first-order chi connectivity index (χ1) is 13.1. The lowest BCUT2D eigenvalue weighted by Gasteiger charge is -2.35. The van der Waals surface area contributed by atoms with Gasteiger partial charge >= 0.3 is 0 Å². The Balaban J connectivity index is 1.67. The Hall–Kier alpha value is -2.76. The van der Waals surface area contributed by atoms with E-state index in [4.69, 9.17) is 0 Å². The van der Waals surface area contributed by atoms with E-state index in [1.165, 1.54) is 18.3 Å². The molecular weight excluding hydrogens is 345 g/mol. The van der Waals surface area contributed by atoms with Gasteiger partial charge in [-0.15, -0.1) is 0 Å². The lowest BCUT2D eigenvalue weighted by molar-refractivity contribution is 0.0602. The molecule has 6 heteroatoms. The lowest BCUT2D eigenvalue weighted by atomic mass is 9.99. The van der Waals surface area contributed by atoms with Crippen LogP contribution in [0.1, 0.15) is 59.0 Å². The van der Waals surface area contributed by atoms with Gasteiger partial charge in [-0.3, -0.25) is 14.6 Å². The van der Waals surface area contributed by atoms with Crippen LogP contribution in [0.3, 0.4) is 0 Å². The highest BCUT2D eigenvalue weighted by molar-refractivity contribution is 5.98. The molecule has 142 valence electrons. The number of benzene rings is 1. The summed E-state index contributed by atoms with van der Waals surface area (Å²) in [5.74, 6) is -0.721. The van der Waals surface area contributed by atoms with Crippen LogP contribution in [0.4, 0.5) is 4.39 Å². The second kappa shape index (κ2) is 8.75. The number of carbonyl (C=O) groups is 2. The number of nitrogens with zero attached hydrogens (tertiary/aromatic N) is 2. The first-order valence-corrected chi connectivity index (χ1v) is 9.38. The average Bonchev–Trinajstić information content (AvgIpc) is 2.72. The molecule has 1 atom stereocenters. The standard InChI is InChI=1S/C21H24FN3O2/c1-2-18-5-3-4-12-25(18)21(27)19-13-16(10-11-23-19)20(26)24-14-15-6-8-17(22)9-7-15/h6-11,13,18H,2-5,12,14H2,1H3,(H,24,26). The monoisotopic (exact) mass is 369 g/mol. The van der Waals surface area contributed by atoms with Crippen LogP contribution in [0.25, 0.3) is 0 Å². The van der Waals surface area contributed by atoms with Crippen molar-refractivity contribution in [2.45, 2.75) is 45.2 Å². The molecule has 1 saturated heterocycles. The van der Waals surface area contributed by atoms with Crippen LogP contribution in [0, 0.1) is 5.82 Å². The minimum atomic E-state index is -0.314. The summed E-state index contributed by atoms with van der Waals surface area (Å²) in [6.45, 7) is 3.11. The summed E-state index contributed by atoms with van der Waals surface area (Å²) in [6, 6.07) is 9.33.